The Morgan fingerprint density at radius 2 is 1.97 bits per heavy atom. The molecule has 7 heteroatoms. The van der Waals surface area contributed by atoms with E-state index in [4.69, 9.17) is 14.5 Å². The van der Waals surface area contributed by atoms with Crippen LogP contribution in [0.15, 0.2) is 29.3 Å². The third kappa shape index (κ3) is 4.83. The number of ether oxygens (including phenoxy) is 2. The van der Waals surface area contributed by atoms with Crippen LogP contribution in [-0.4, -0.2) is 29.9 Å². The average Bonchev–Trinajstić information content (AvgIpc) is 2.98. The van der Waals surface area contributed by atoms with E-state index in [1.54, 1.807) is 18.2 Å². The number of nitrogens with zero attached hydrogens (tertiary/aromatic N) is 2. The highest BCUT2D eigenvalue weighted by molar-refractivity contribution is 7.99. The SMILES string of the molecule is N#Cc1cc2c(nc1SCCC(=O)Nc1ccc3c(c1)OCCO3)CCCCC2. The van der Waals surface area contributed by atoms with Crippen molar-refractivity contribution in [3.63, 3.8) is 0 Å². The Balaban J connectivity index is 1.34. The van der Waals surface area contributed by atoms with Crippen LogP contribution in [0.5, 0.6) is 11.5 Å². The van der Waals surface area contributed by atoms with Gasteiger partial charge in [0.1, 0.15) is 24.3 Å². The minimum absolute atomic E-state index is 0.0811. The molecule has 1 aromatic heterocycles. The van der Waals surface area contributed by atoms with Gasteiger partial charge in [0.15, 0.2) is 11.5 Å². The molecular weight excluding hydrogens is 386 g/mol. The maximum absolute atomic E-state index is 12.3. The van der Waals surface area contributed by atoms with Gasteiger partial charge in [-0.1, -0.05) is 6.42 Å². The van der Waals surface area contributed by atoms with Gasteiger partial charge in [-0.25, -0.2) is 4.98 Å². The number of aromatic nitrogens is 1. The second kappa shape index (κ2) is 9.19. The highest BCUT2D eigenvalue weighted by Crippen LogP contribution is 2.33. The van der Waals surface area contributed by atoms with Crippen LogP contribution in [-0.2, 0) is 17.6 Å². The molecule has 0 bridgehead atoms. The number of fused-ring (bicyclic) bond motifs is 2. The molecule has 0 atom stereocenters. The van der Waals surface area contributed by atoms with Crippen LogP contribution in [0.3, 0.4) is 0 Å². The van der Waals surface area contributed by atoms with Gasteiger partial charge in [-0.2, -0.15) is 5.26 Å². The average molecular weight is 410 g/mol. The minimum atomic E-state index is -0.0811. The number of nitriles is 1. The summed E-state index contributed by atoms with van der Waals surface area (Å²) in [6.45, 7) is 1.05. The zero-order chi connectivity index (χ0) is 20.1. The summed E-state index contributed by atoms with van der Waals surface area (Å²) >= 11 is 1.47. The largest absolute Gasteiger partial charge is 0.486 e. The van der Waals surface area contributed by atoms with Crippen LogP contribution >= 0.6 is 11.8 Å². The molecule has 1 aliphatic carbocycles. The molecule has 0 saturated carbocycles. The molecule has 150 valence electrons. The number of rotatable bonds is 5. The van der Waals surface area contributed by atoms with Gasteiger partial charge in [-0.15, -0.1) is 11.8 Å². The third-order valence-electron chi connectivity index (χ3n) is 5.03. The topological polar surface area (TPSA) is 84.2 Å². The van der Waals surface area contributed by atoms with Gasteiger partial charge in [0.2, 0.25) is 5.91 Å². The van der Waals surface area contributed by atoms with Crippen LogP contribution in [0, 0.1) is 11.3 Å². The van der Waals surface area contributed by atoms with Crippen molar-refractivity contribution in [2.24, 2.45) is 0 Å². The molecule has 0 unspecified atom stereocenters. The molecular formula is C22H23N3O3S. The van der Waals surface area contributed by atoms with Crippen LogP contribution in [0.25, 0.3) is 0 Å². The van der Waals surface area contributed by atoms with Crippen molar-refractivity contribution < 1.29 is 14.3 Å². The van der Waals surface area contributed by atoms with E-state index in [0.29, 0.717) is 48.1 Å². The molecule has 1 N–H and O–H groups in total. The molecule has 6 nitrogen and oxygen atoms in total. The molecule has 4 rings (SSSR count). The summed E-state index contributed by atoms with van der Waals surface area (Å²) in [5.41, 5.74) is 3.62. The highest BCUT2D eigenvalue weighted by Gasteiger charge is 2.16. The number of pyridine rings is 1. The monoisotopic (exact) mass is 409 g/mol. The summed E-state index contributed by atoms with van der Waals surface area (Å²) < 4.78 is 11.0. The summed E-state index contributed by atoms with van der Waals surface area (Å²) in [5.74, 6) is 1.83. The summed E-state index contributed by atoms with van der Waals surface area (Å²) in [6, 6.07) is 9.64. The van der Waals surface area contributed by atoms with Crippen molar-refractivity contribution in [3.05, 3.63) is 41.1 Å². The van der Waals surface area contributed by atoms with Gasteiger partial charge in [0, 0.05) is 29.6 Å². The fourth-order valence-electron chi connectivity index (χ4n) is 3.57. The van der Waals surface area contributed by atoms with E-state index < -0.39 is 0 Å². The number of aryl methyl sites for hydroxylation is 2. The molecule has 2 aliphatic rings. The Hall–Kier alpha value is -2.72. The predicted molar refractivity (Wildman–Crippen MR) is 112 cm³/mol. The minimum Gasteiger partial charge on any atom is -0.486 e. The highest BCUT2D eigenvalue weighted by atomic mass is 32.2. The van der Waals surface area contributed by atoms with Crippen molar-refractivity contribution in [2.45, 2.75) is 43.6 Å². The zero-order valence-corrected chi connectivity index (χ0v) is 17.0. The Morgan fingerprint density at radius 1 is 1.14 bits per heavy atom. The first-order valence-corrected chi connectivity index (χ1v) is 11.0. The normalized spacial score (nSPS) is 15.0. The van der Waals surface area contributed by atoms with Gasteiger partial charge >= 0.3 is 0 Å². The first-order chi connectivity index (χ1) is 14.2. The van der Waals surface area contributed by atoms with Gasteiger partial charge in [-0.3, -0.25) is 4.79 Å². The van der Waals surface area contributed by atoms with Crippen LogP contribution in [0.2, 0.25) is 0 Å². The molecule has 1 amide bonds. The Morgan fingerprint density at radius 3 is 2.83 bits per heavy atom. The van der Waals surface area contributed by atoms with Gasteiger partial charge in [0.05, 0.1) is 5.56 Å². The molecule has 1 aromatic carbocycles. The van der Waals surface area contributed by atoms with Gasteiger partial charge < -0.3 is 14.8 Å². The van der Waals surface area contributed by atoms with E-state index in [9.17, 15) is 10.1 Å². The predicted octanol–water partition coefficient (Wildman–Crippen LogP) is 4.11. The lowest BCUT2D eigenvalue weighted by molar-refractivity contribution is -0.115. The quantitative estimate of drug-likeness (QED) is 0.591. The smallest absolute Gasteiger partial charge is 0.225 e. The molecule has 0 radical (unpaired) electrons. The Kier molecular flexibility index (Phi) is 6.20. The van der Waals surface area contributed by atoms with E-state index in [1.807, 2.05) is 6.07 Å². The maximum atomic E-state index is 12.3. The number of anilines is 1. The summed E-state index contributed by atoms with van der Waals surface area (Å²) in [7, 11) is 0. The first kappa shape index (κ1) is 19.6. The first-order valence-electron chi connectivity index (χ1n) is 9.98. The number of carbonyl (C=O) groups excluding carboxylic acids is 1. The molecule has 0 saturated heterocycles. The van der Waals surface area contributed by atoms with Crippen molar-refractivity contribution in [1.82, 2.24) is 4.98 Å². The molecule has 2 heterocycles. The maximum Gasteiger partial charge on any atom is 0.225 e. The van der Waals surface area contributed by atoms with E-state index in [-0.39, 0.29) is 5.91 Å². The Labute approximate surface area is 174 Å². The number of hydrogen-bond donors (Lipinski definition) is 1. The summed E-state index contributed by atoms with van der Waals surface area (Å²) in [5, 5.41) is 13.1. The molecule has 29 heavy (non-hydrogen) atoms. The number of amides is 1. The number of carbonyl (C=O) groups is 1. The third-order valence-corrected chi connectivity index (χ3v) is 6.02. The fourth-order valence-corrected chi connectivity index (χ4v) is 4.48. The zero-order valence-electron chi connectivity index (χ0n) is 16.2. The number of nitrogens with one attached hydrogen (secondary N) is 1. The standard InChI is InChI=1S/C22H23N3O3S/c23-14-16-12-15-4-2-1-3-5-18(15)25-22(16)29-11-8-21(26)24-17-6-7-19-20(13-17)28-10-9-27-19/h6-7,12-13H,1-5,8-11H2,(H,24,26). The van der Waals surface area contributed by atoms with Gasteiger partial charge in [0.25, 0.3) is 0 Å². The van der Waals surface area contributed by atoms with E-state index in [2.05, 4.69) is 11.4 Å². The fraction of sp³-hybridized carbons (Fsp3) is 0.409. The number of thioether (sulfide) groups is 1. The summed E-state index contributed by atoms with van der Waals surface area (Å²) in [4.78, 5) is 17.1. The van der Waals surface area contributed by atoms with Crippen molar-refractivity contribution in [1.29, 1.82) is 5.26 Å². The van der Waals surface area contributed by atoms with E-state index in [1.165, 1.54) is 23.7 Å². The second-order valence-electron chi connectivity index (χ2n) is 7.12. The summed E-state index contributed by atoms with van der Waals surface area (Å²) in [6.07, 6.45) is 5.82. The lowest BCUT2D eigenvalue weighted by atomic mass is 10.1. The lowest BCUT2D eigenvalue weighted by Gasteiger charge is -2.19. The molecule has 0 spiro atoms. The van der Waals surface area contributed by atoms with Crippen molar-refractivity contribution in [2.75, 3.05) is 24.3 Å². The van der Waals surface area contributed by atoms with E-state index in [0.717, 1.165) is 36.4 Å². The van der Waals surface area contributed by atoms with Crippen LogP contribution < -0.4 is 14.8 Å². The number of benzene rings is 1. The van der Waals surface area contributed by atoms with Crippen molar-refractivity contribution in [3.8, 4) is 17.6 Å². The van der Waals surface area contributed by atoms with Gasteiger partial charge in [-0.05, 0) is 49.4 Å². The van der Waals surface area contributed by atoms with E-state index >= 15 is 0 Å². The molecule has 0 fully saturated rings. The number of hydrogen-bond acceptors (Lipinski definition) is 6. The van der Waals surface area contributed by atoms with Crippen LogP contribution in [0.4, 0.5) is 5.69 Å². The molecule has 2 aromatic rings. The van der Waals surface area contributed by atoms with Crippen molar-refractivity contribution >= 4 is 23.4 Å². The Bertz CT molecular complexity index is 955. The lowest BCUT2D eigenvalue weighted by Crippen LogP contribution is -2.16. The molecule has 1 aliphatic heterocycles. The van der Waals surface area contributed by atoms with Crippen LogP contribution in [0.1, 0.15) is 42.5 Å². The second-order valence-corrected chi connectivity index (χ2v) is 8.21.